The smallest absolute Gasteiger partial charge is 0.251 e. The first-order valence-electron chi connectivity index (χ1n) is 9.76. The summed E-state index contributed by atoms with van der Waals surface area (Å²) in [5.74, 6) is 1.29. The lowest BCUT2D eigenvalue weighted by Gasteiger charge is -2.41. The molecule has 0 unspecified atom stereocenters. The predicted octanol–water partition coefficient (Wildman–Crippen LogP) is 4.99. The molecule has 0 saturated carbocycles. The minimum Gasteiger partial charge on any atom is -0.496 e. The van der Waals surface area contributed by atoms with Crippen molar-refractivity contribution in [2.45, 2.75) is 31.9 Å². The summed E-state index contributed by atoms with van der Waals surface area (Å²) in [5, 5.41) is 1.14. The van der Waals surface area contributed by atoms with Crippen molar-refractivity contribution < 1.29 is 18.3 Å². The van der Waals surface area contributed by atoms with Gasteiger partial charge >= 0.3 is 0 Å². The zero-order valence-corrected chi connectivity index (χ0v) is 16.6. The minimum absolute atomic E-state index is 0.0529. The zero-order chi connectivity index (χ0) is 20.5. The molecule has 4 nitrogen and oxygen atoms in total. The van der Waals surface area contributed by atoms with Crippen LogP contribution in [0.2, 0.25) is 0 Å². The summed E-state index contributed by atoms with van der Waals surface area (Å²) in [7, 11) is 1.59. The number of para-hydroxylation sites is 1. The van der Waals surface area contributed by atoms with E-state index in [4.69, 9.17) is 9.47 Å². The maximum Gasteiger partial charge on any atom is 0.251 e. The second kappa shape index (κ2) is 8.03. The van der Waals surface area contributed by atoms with Crippen LogP contribution in [0.5, 0.6) is 11.5 Å². The number of alkyl halides is 2. The topological polar surface area (TPSA) is 37.5 Å². The van der Waals surface area contributed by atoms with Gasteiger partial charge < -0.3 is 14.5 Å². The van der Waals surface area contributed by atoms with Crippen molar-refractivity contribution in [1.29, 1.82) is 0 Å². The fourth-order valence-corrected chi connectivity index (χ4v) is 4.42. The summed E-state index contributed by atoms with van der Waals surface area (Å²) >= 11 is 0. The third-order valence-electron chi connectivity index (χ3n) is 5.63. The number of methoxy groups -OCH3 is 1. The maximum absolute atomic E-state index is 13.5. The van der Waals surface area contributed by atoms with E-state index in [-0.39, 0.29) is 19.2 Å². The van der Waals surface area contributed by atoms with Crippen molar-refractivity contribution in [2.75, 3.05) is 20.3 Å². The molecule has 0 amide bonds. The van der Waals surface area contributed by atoms with Crippen LogP contribution in [0.15, 0.2) is 42.5 Å². The van der Waals surface area contributed by atoms with Crippen LogP contribution < -0.4 is 9.47 Å². The average molecular weight is 399 g/mol. The Morgan fingerprint density at radius 2 is 2.03 bits per heavy atom. The van der Waals surface area contributed by atoms with Gasteiger partial charge in [0, 0.05) is 28.2 Å². The molecule has 29 heavy (non-hydrogen) atoms. The molecule has 1 aliphatic rings. The van der Waals surface area contributed by atoms with Gasteiger partial charge in [0.1, 0.15) is 11.5 Å². The van der Waals surface area contributed by atoms with Crippen LogP contribution in [0.25, 0.3) is 10.9 Å². The van der Waals surface area contributed by atoms with Gasteiger partial charge in [0.15, 0.2) is 0 Å². The van der Waals surface area contributed by atoms with Crippen LogP contribution in [0.1, 0.15) is 29.8 Å². The molecular weight excluding hydrogens is 374 g/mol. The molecule has 2 aromatic carbocycles. The van der Waals surface area contributed by atoms with E-state index in [0.717, 1.165) is 22.2 Å². The Labute approximate surface area is 169 Å². The summed E-state index contributed by atoms with van der Waals surface area (Å²) < 4.78 is 38.3. The van der Waals surface area contributed by atoms with Gasteiger partial charge in [-0.15, -0.1) is 0 Å². The first-order valence-corrected chi connectivity index (χ1v) is 9.76. The van der Waals surface area contributed by atoms with Crippen LogP contribution in [0.4, 0.5) is 8.78 Å². The Hall–Kier alpha value is -2.60. The second-order valence-electron chi connectivity index (χ2n) is 7.36. The van der Waals surface area contributed by atoms with Gasteiger partial charge in [-0.25, -0.2) is 8.78 Å². The first-order chi connectivity index (χ1) is 14.0. The summed E-state index contributed by atoms with van der Waals surface area (Å²) in [6.45, 7) is 5.70. The van der Waals surface area contributed by atoms with Gasteiger partial charge in [-0.3, -0.25) is 4.90 Å². The number of aromatic amines is 1. The number of rotatable bonds is 6. The fraction of sp³-hybridized carbons (Fsp3) is 0.348. The molecule has 0 aliphatic carbocycles. The highest BCUT2D eigenvalue weighted by Gasteiger charge is 2.38. The van der Waals surface area contributed by atoms with Crippen LogP contribution in [0, 0.1) is 6.92 Å². The van der Waals surface area contributed by atoms with Crippen molar-refractivity contribution in [1.82, 2.24) is 9.88 Å². The first kappa shape index (κ1) is 19.7. The lowest BCUT2D eigenvalue weighted by atomic mass is 9.88. The monoisotopic (exact) mass is 399 g/mol. The molecule has 1 radical (unpaired) electrons. The molecule has 1 aliphatic heterocycles. The molecule has 2 heterocycles. The number of hydrogen-bond donors (Lipinski definition) is 1. The average Bonchev–Trinajstić information content (AvgIpc) is 3.06. The van der Waals surface area contributed by atoms with Gasteiger partial charge in [-0.1, -0.05) is 18.2 Å². The van der Waals surface area contributed by atoms with Crippen LogP contribution in [-0.4, -0.2) is 42.6 Å². The minimum atomic E-state index is -2.43. The summed E-state index contributed by atoms with van der Waals surface area (Å²) in [6, 6.07) is 13.1. The Kier molecular flexibility index (Phi) is 5.46. The third-order valence-corrected chi connectivity index (χ3v) is 5.63. The molecule has 1 N–H and O–H groups in total. The van der Waals surface area contributed by atoms with Crippen molar-refractivity contribution in [3.8, 4) is 11.5 Å². The summed E-state index contributed by atoms with van der Waals surface area (Å²) in [6.07, 6.45) is -1.73. The van der Waals surface area contributed by atoms with Gasteiger partial charge in [0.25, 0.3) is 6.43 Å². The fourth-order valence-electron chi connectivity index (χ4n) is 4.42. The molecule has 1 aromatic heterocycles. The van der Waals surface area contributed by atoms with E-state index < -0.39 is 12.5 Å². The van der Waals surface area contributed by atoms with E-state index in [1.165, 1.54) is 5.56 Å². The van der Waals surface area contributed by atoms with Crippen molar-refractivity contribution in [3.05, 3.63) is 66.2 Å². The molecule has 153 valence electrons. The van der Waals surface area contributed by atoms with E-state index in [2.05, 4.69) is 18.0 Å². The Morgan fingerprint density at radius 1 is 1.24 bits per heavy atom. The number of hydrogen-bond acceptors (Lipinski definition) is 3. The number of ether oxygens (including phenoxy) is 2. The Morgan fingerprint density at radius 3 is 2.76 bits per heavy atom. The van der Waals surface area contributed by atoms with Crippen molar-refractivity contribution in [3.63, 3.8) is 0 Å². The van der Waals surface area contributed by atoms with Gasteiger partial charge in [-0.05, 0) is 50.1 Å². The van der Waals surface area contributed by atoms with E-state index in [1.54, 1.807) is 7.11 Å². The highest BCUT2D eigenvalue weighted by Crippen LogP contribution is 2.44. The van der Waals surface area contributed by atoms with Crippen molar-refractivity contribution in [2.24, 2.45) is 0 Å². The van der Waals surface area contributed by atoms with Gasteiger partial charge in [0.05, 0.1) is 26.3 Å². The normalized spacial score (nSPS) is 19.5. The lowest BCUT2D eigenvalue weighted by Crippen LogP contribution is -2.45. The Balaban J connectivity index is 1.93. The van der Waals surface area contributed by atoms with E-state index >= 15 is 0 Å². The van der Waals surface area contributed by atoms with Gasteiger partial charge in [-0.2, -0.15) is 0 Å². The SMILES string of the molecule is [CH2]COc1ccc(OC)c([C@@H]2c3[nH]c4ccccc4c3C[C@@H](C)N2CC(F)F)c1. The van der Waals surface area contributed by atoms with E-state index in [1.807, 2.05) is 48.2 Å². The van der Waals surface area contributed by atoms with E-state index in [9.17, 15) is 8.78 Å². The van der Waals surface area contributed by atoms with E-state index in [0.29, 0.717) is 17.9 Å². The number of benzene rings is 2. The molecular formula is C23H25F2N2O2. The molecule has 4 rings (SSSR count). The molecule has 0 fully saturated rings. The number of halogens is 2. The second-order valence-corrected chi connectivity index (χ2v) is 7.36. The van der Waals surface area contributed by atoms with Crippen molar-refractivity contribution >= 4 is 10.9 Å². The predicted molar refractivity (Wildman–Crippen MR) is 110 cm³/mol. The number of aromatic nitrogens is 1. The molecule has 2 atom stereocenters. The molecule has 6 heteroatoms. The highest BCUT2D eigenvalue weighted by atomic mass is 19.3. The van der Waals surface area contributed by atoms with Crippen LogP contribution in [0.3, 0.4) is 0 Å². The van der Waals surface area contributed by atoms with Gasteiger partial charge in [0.2, 0.25) is 0 Å². The van der Waals surface area contributed by atoms with Crippen LogP contribution in [-0.2, 0) is 6.42 Å². The quantitative estimate of drug-likeness (QED) is 0.635. The molecule has 3 aromatic rings. The van der Waals surface area contributed by atoms with Crippen LogP contribution >= 0.6 is 0 Å². The number of fused-ring (bicyclic) bond motifs is 3. The third kappa shape index (κ3) is 3.57. The standard InChI is InChI=1S/C23H25F2N2O2/c1-4-29-15-9-10-20(28-3)18(12-15)23-22-17(11-14(2)27(23)13-21(24)25)16-7-5-6-8-19(16)26-22/h5-10,12,14,21,23,26H,1,4,11,13H2,2-3H3/t14-,23-/m1/s1. The maximum atomic E-state index is 13.5. The zero-order valence-electron chi connectivity index (χ0n) is 16.6. The Bertz CT molecular complexity index is 1000. The lowest BCUT2D eigenvalue weighted by molar-refractivity contribution is 0.0450. The number of nitrogens with zero attached hydrogens (tertiary/aromatic N) is 1. The summed E-state index contributed by atoms with van der Waals surface area (Å²) in [4.78, 5) is 5.35. The molecule has 0 spiro atoms. The number of H-pyrrole nitrogens is 1. The largest absolute Gasteiger partial charge is 0.496 e. The highest BCUT2D eigenvalue weighted by molar-refractivity contribution is 5.85. The summed E-state index contributed by atoms with van der Waals surface area (Å²) in [5.41, 5.74) is 3.93. The molecule has 0 bridgehead atoms. The number of nitrogens with one attached hydrogen (secondary N) is 1. The molecule has 0 saturated heterocycles.